The number of anilines is 1. The third kappa shape index (κ3) is 1.89. The SMILES string of the molecule is BrC1(CNc2ccnc3ccncc23)CC1. The normalized spacial score (nSPS) is 17.3. The first-order valence-electron chi connectivity index (χ1n) is 5.38. The Morgan fingerprint density at radius 1 is 1.31 bits per heavy atom. The molecule has 82 valence electrons. The molecule has 2 aromatic rings. The average molecular weight is 278 g/mol. The van der Waals surface area contributed by atoms with Gasteiger partial charge in [0.15, 0.2) is 0 Å². The van der Waals surface area contributed by atoms with E-state index in [-0.39, 0.29) is 0 Å². The zero-order chi connectivity index (χ0) is 11.0. The molecule has 3 rings (SSSR count). The number of nitrogens with one attached hydrogen (secondary N) is 1. The molecular weight excluding hydrogens is 266 g/mol. The quantitative estimate of drug-likeness (QED) is 0.877. The van der Waals surface area contributed by atoms with E-state index in [9.17, 15) is 0 Å². The van der Waals surface area contributed by atoms with Crippen molar-refractivity contribution in [2.75, 3.05) is 11.9 Å². The Balaban J connectivity index is 1.90. The van der Waals surface area contributed by atoms with Crippen molar-refractivity contribution in [3.8, 4) is 0 Å². The lowest BCUT2D eigenvalue weighted by Gasteiger charge is -2.11. The summed E-state index contributed by atoms with van der Waals surface area (Å²) in [5.74, 6) is 0. The van der Waals surface area contributed by atoms with E-state index >= 15 is 0 Å². The summed E-state index contributed by atoms with van der Waals surface area (Å²) in [4.78, 5) is 8.45. The Hall–Kier alpha value is -1.16. The van der Waals surface area contributed by atoms with Crippen LogP contribution in [0.2, 0.25) is 0 Å². The maximum Gasteiger partial charge on any atom is 0.0753 e. The molecule has 0 bridgehead atoms. The van der Waals surface area contributed by atoms with E-state index in [4.69, 9.17) is 0 Å². The highest BCUT2D eigenvalue weighted by atomic mass is 79.9. The minimum Gasteiger partial charge on any atom is -0.383 e. The zero-order valence-electron chi connectivity index (χ0n) is 8.78. The molecule has 16 heavy (non-hydrogen) atoms. The number of hydrogen-bond acceptors (Lipinski definition) is 3. The van der Waals surface area contributed by atoms with Crippen molar-refractivity contribution < 1.29 is 0 Å². The van der Waals surface area contributed by atoms with Crippen molar-refractivity contribution in [1.82, 2.24) is 9.97 Å². The van der Waals surface area contributed by atoms with Crippen LogP contribution in [-0.4, -0.2) is 20.8 Å². The molecule has 1 N–H and O–H groups in total. The molecule has 0 radical (unpaired) electrons. The molecule has 0 unspecified atom stereocenters. The van der Waals surface area contributed by atoms with Crippen LogP contribution in [0.5, 0.6) is 0 Å². The van der Waals surface area contributed by atoms with Gasteiger partial charge in [-0.15, -0.1) is 0 Å². The maximum absolute atomic E-state index is 4.31. The first kappa shape index (κ1) is 10.0. The van der Waals surface area contributed by atoms with Gasteiger partial charge in [0.2, 0.25) is 0 Å². The van der Waals surface area contributed by atoms with Crippen LogP contribution in [-0.2, 0) is 0 Å². The number of fused-ring (bicyclic) bond motifs is 1. The van der Waals surface area contributed by atoms with Gasteiger partial charge in [0.25, 0.3) is 0 Å². The van der Waals surface area contributed by atoms with Crippen molar-refractivity contribution in [3.05, 3.63) is 30.7 Å². The summed E-state index contributed by atoms with van der Waals surface area (Å²) in [6.45, 7) is 0.959. The molecule has 4 heteroatoms. The van der Waals surface area contributed by atoms with Crippen molar-refractivity contribution in [2.45, 2.75) is 17.2 Å². The van der Waals surface area contributed by atoms with E-state index in [1.54, 1.807) is 6.20 Å². The van der Waals surface area contributed by atoms with Crippen LogP contribution >= 0.6 is 15.9 Å². The number of hydrogen-bond donors (Lipinski definition) is 1. The van der Waals surface area contributed by atoms with Gasteiger partial charge < -0.3 is 5.32 Å². The lowest BCUT2D eigenvalue weighted by molar-refractivity contribution is 0.967. The smallest absolute Gasteiger partial charge is 0.0753 e. The molecule has 2 aromatic heterocycles. The van der Waals surface area contributed by atoms with E-state index in [2.05, 4.69) is 31.2 Å². The summed E-state index contributed by atoms with van der Waals surface area (Å²) >= 11 is 3.72. The average Bonchev–Trinajstić information content (AvgIpc) is 3.05. The molecule has 1 aliphatic carbocycles. The fourth-order valence-corrected chi connectivity index (χ4v) is 2.05. The van der Waals surface area contributed by atoms with Crippen molar-refractivity contribution in [1.29, 1.82) is 0 Å². The van der Waals surface area contributed by atoms with Crippen LogP contribution in [0.3, 0.4) is 0 Å². The summed E-state index contributed by atoms with van der Waals surface area (Å²) in [6.07, 6.45) is 7.96. The van der Waals surface area contributed by atoms with E-state index < -0.39 is 0 Å². The van der Waals surface area contributed by atoms with E-state index in [1.165, 1.54) is 12.8 Å². The van der Waals surface area contributed by atoms with Gasteiger partial charge in [-0.05, 0) is 25.0 Å². The maximum atomic E-state index is 4.31. The third-order valence-electron chi connectivity index (χ3n) is 2.93. The van der Waals surface area contributed by atoms with Gasteiger partial charge in [-0.1, -0.05) is 15.9 Å². The molecular formula is C12H12BrN3. The predicted molar refractivity (Wildman–Crippen MR) is 68.9 cm³/mol. The zero-order valence-corrected chi connectivity index (χ0v) is 10.4. The molecule has 0 saturated heterocycles. The molecule has 0 aliphatic heterocycles. The number of halogens is 1. The second-order valence-corrected chi connectivity index (χ2v) is 5.94. The number of nitrogens with zero attached hydrogens (tertiary/aromatic N) is 2. The van der Waals surface area contributed by atoms with Crippen molar-refractivity contribution in [2.24, 2.45) is 0 Å². The molecule has 0 spiro atoms. The number of rotatable bonds is 3. The highest BCUT2D eigenvalue weighted by Crippen LogP contribution is 2.44. The predicted octanol–water partition coefficient (Wildman–Crippen LogP) is 2.97. The van der Waals surface area contributed by atoms with Gasteiger partial charge in [0.05, 0.1) is 5.52 Å². The van der Waals surface area contributed by atoms with E-state index in [0.717, 1.165) is 23.1 Å². The second-order valence-electron chi connectivity index (χ2n) is 4.26. The van der Waals surface area contributed by atoms with E-state index in [1.807, 2.05) is 24.5 Å². The topological polar surface area (TPSA) is 37.8 Å². The summed E-state index contributed by atoms with van der Waals surface area (Å²) in [5, 5.41) is 4.55. The summed E-state index contributed by atoms with van der Waals surface area (Å²) < 4.78 is 0.324. The molecule has 0 amide bonds. The summed E-state index contributed by atoms with van der Waals surface area (Å²) in [7, 11) is 0. The summed E-state index contributed by atoms with van der Waals surface area (Å²) in [6, 6.07) is 3.93. The van der Waals surface area contributed by atoms with Gasteiger partial charge in [-0.3, -0.25) is 9.97 Å². The van der Waals surface area contributed by atoms with Crippen LogP contribution in [0.4, 0.5) is 5.69 Å². The van der Waals surface area contributed by atoms with Crippen LogP contribution in [0.25, 0.3) is 10.9 Å². The van der Waals surface area contributed by atoms with Gasteiger partial charge >= 0.3 is 0 Å². The van der Waals surface area contributed by atoms with Crippen molar-refractivity contribution in [3.63, 3.8) is 0 Å². The minimum atomic E-state index is 0.324. The van der Waals surface area contributed by atoms with Gasteiger partial charge in [-0.25, -0.2) is 0 Å². The molecule has 0 aromatic carbocycles. The molecule has 3 nitrogen and oxygen atoms in total. The molecule has 1 aliphatic rings. The van der Waals surface area contributed by atoms with Crippen LogP contribution in [0.1, 0.15) is 12.8 Å². The largest absolute Gasteiger partial charge is 0.383 e. The number of pyridine rings is 2. The highest BCUT2D eigenvalue weighted by molar-refractivity contribution is 9.10. The Labute approximate surface area is 102 Å². The Kier molecular flexibility index (Phi) is 2.32. The fourth-order valence-electron chi connectivity index (χ4n) is 1.71. The first-order chi connectivity index (χ1) is 7.77. The Morgan fingerprint density at radius 2 is 2.19 bits per heavy atom. The Bertz CT molecular complexity index is 517. The lowest BCUT2D eigenvalue weighted by atomic mass is 10.2. The van der Waals surface area contributed by atoms with Crippen molar-refractivity contribution >= 4 is 32.5 Å². The summed E-state index contributed by atoms with van der Waals surface area (Å²) in [5.41, 5.74) is 2.10. The molecule has 2 heterocycles. The monoisotopic (exact) mass is 277 g/mol. The Morgan fingerprint density at radius 3 is 3.00 bits per heavy atom. The van der Waals surface area contributed by atoms with Crippen LogP contribution in [0, 0.1) is 0 Å². The fraction of sp³-hybridized carbons (Fsp3) is 0.333. The van der Waals surface area contributed by atoms with Gasteiger partial charge in [-0.2, -0.15) is 0 Å². The van der Waals surface area contributed by atoms with Crippen LogP contribution in [0.15, 0.2) is 30.7 Å². The minimum absolute atomic E-state index is 0.324. The second kappa shape index (κ2) is 3.70. The lowest BCUT2D eigenvalue weighted by Crippen LogP contribution is -2.14. The third-order valence-corrected chi connectivity index (χ3v) is 4.00. The van der Waals surface area contributed by atoms with Gasteiger partial charge in [0.1, 0.15) is 0 Å². The van der Waals surface area contributed by atoms with E-state index in [0.29, 0.717) is 4.32 Å². The molecule has 1 fully saturated rings. The first-order valence-corrected chi connectivity index (χ1v) is 6.18. The highest BCUT2D eigenvalue weighted by Gasteiger charge is 2.39. The molecule has 0 atom stereocenters. The number of alkyl halides is 1. The van der Waals surface area contributed by atoms with Crippen LogP contribution < -0.4 is 5.32 Å². The number of aromatic nitrogens is 2. The molecule has 1 saturated carbocycles. The standard InChI is InChI=1S/C12H12BrN3/c13-12(3-4-12)8-16-11-2-6-15-10-1-5-14-7-9(10)11/h1-2,5-7H,3-4,8H2,(H,15,16). The van der Waals surface area contributed by atoms with Gasteiger partial charge in [0, 0.05) is 40.5 Å².